The summed E-state index contributed by atoms with van der Waals surface area (Å²) in [5.74, 6) is -0.307. The third-order valence-corrected chi connectivity index (χ3v) is 4.44. The van der Waals surface area contributed by atoms with E-state index in [9.17, 15) is 4.39 Å². The van der Waals surface area contributed by atoms with Crippen molar-refractivity contribution in [2.24, 2.45) is 0 Å². The monoisotopic (exact) mass is 331 g/mol. The molecule has 1 heterocycles. The smallest absolute Gasteiger partial charge is 0.190 e. The van der Waals surface area contributed by atoms with Gasteiger partial charge in [0.2, 0.25) is 0 Å². The van der Waals surface area contributed by atoms with Gasteiger partial charge in [0.1, 0.15) is 5.82 Å². The van der Waals surface area contributed by atoms with Crippen molar-refractivity contribution in [1.82, 2.24) is 4.98 Å². The van der Waals surface area contributed by atoms with E-state index in [1.165, 1.54) is 34.6 Å². The van der Waals surface area contributed by atoms with Crippen LogP contribution in [0.25, 0.3) is 10.2 Å². The van der Waals surface area contributed by atoms with Crippen LogP contribution in [0, 0.1) is 19.7 Å². The first-order valence-corrected chi connectivity index (χ1v) is 7.95. The number of aromatic nitrogens is 1. The lowest BCUT2D eigenvalue weighted by atomic mass is 10.1. The highest BCUT2D eigenvalue weighted by Gasteiger charge is 2.07. The van der Waals surface area contributed by atoms with Crippen LogP contribution in [0.15, 0.2) is 36.4 Å². The number of nitrogens with one attached hydrogen (secondary N) is 2. The molecule has 0 unspecified atom stereocenters. The Morgan fingerprint density at radius 2 is 1.91 bits per heavy atom. The highest BCUT2D eigenvalue weighted by Crippen LogP contribution is 2.28. The first-order chi connectivity index (χ1) is 10.5. The highest BCUT2D eigenvalue weighted by molar-refractivity contribution is 7.80. The van der Waals surface area contributed by atoms with Gasteiger partial charge in [-0.2, -0.15) is 0 Å². The topological polar surface area (TPSA) is 37.0 Å². The van der Waals surface area contributed by atoms with Gasteiger partial charge in [-0.3, -0.25) is 0 Å². The van der Waals surface area contributed by atoms with Crippen LogP contribution in [0.1, 0.15) is 11.1 Å². The molecule has 0 spiro atoms. The molecule has 112 valence electrons. The van der Waals surface area contributed by atoms with E-state index in [0.717, 1.165) is 10.2 Å². The van der Waals surface area contributed by atoms with Gasteiger partial charge in [-0.15, -0.1) is 0 Å². The highest BCUT2D eigenvalue weighted by atomic mass is 32.1. The van der Waals surface area contributed by atoms with Crippen molar-refractivity contribution >= 4 is 49.7 Å². The van der Waals surface area contributed by atoms with Crippen LogP contribution in [-0.2, 0) is 0 Å². The van der Waals surface area contributed by atoms with Crippen LogP contribution < -0.4 is 10.6 Å². The molecule has 0 radical (unpaired) electrons. The minimum atomic E-state index is -0.307. The number of rotatable bonds is 2. The second-order valence-electron chi connectivity index (χ2n) is 5.01. The molecule has 0 atom stereocenters. The summed E-state index contributed by atoms with van der Waals surface area (Å²) < 4.78 is 14.3. The zero-order valence-corrected chi connectivity index (χ0v) is 13.7. The summed E-state index contributed by atoms with van der Waals surface area (Å²) in [4.78, 5) is 4.52. The molecule has 0 bridgehead atoms. The summed E-state index contributed by atoms with van der Waals surface area (Å²) in [5, 5.41) is 7.09. The molecule has 3 aromatic rings. The van der Waals surface area contributed by atoms with E-state index in [1.54, 1.807) is 12.1 Å². The first kappa shape index (κ1) is 14.9. The third kappa shape index (κ3) is 3.23. The Kier molecular flexibility index (Phi) is 4.04. The fourth-order valence-corrected chi connectivity index (χ4v) is 3.29. The number of thiazole rings is 1. The lowest BCUT2D eigenvalue weighted by Gasteiger charge is -2.07. The summed E-state index contributed by atoms with van der Waals surface area (Å²) in [6, 6.07) is 10.3. The van der Waals surface area contributed by atoms with E-state index < -0.39 is 0 Å². The van der Waals surface area contributed by atoms with Crippen LogP contribution in [0.3, 0.4) is 0 Å². The first-order valence-electron chi connectivity index (χ1n) is 6.72. The van der Waals surface area contributed by atoms with Crippen molar-refractivity contribution in [2.45, 2.75) is 13.8 Å². The number of benzene rings is 2. The predicted octanol–water partition coefficient (Wildman–Crippen LogP) is 4.86. The van der Waals surface area contributed by atoms with Crippen LogP contribution >= 0.6 is 23.6 Å². The van der Waals surface area contributed by atoms with E-state index in [4.69, 9.17) is 12.2 Å². The largest absolute Gasteiger partial charge is 0.332 e. The van der Waals surface area contributed by atoms with Gasteiger partial charge in [-0.05, 0) is 67.5 Å². The fraction of sp³-hybridized carbons (Fsp3) is 0.125. The lowest BCUT2D eigenvalue weighted by Crippen LogP contribution is -2.18. The predicted molar refractivity (Wildman–Crippen MR) is 95.3 cm³/mol. The van der Waals surface area contributed by atoms with E-state index in [2.05, 4.69) is 41.6 Å². The second kappa shape index (κ2) is 5.98. The SMILES string of the molecule is Cc1cc2nc(NC(=S)Nc3cccc(F)c3)sc2cc1C. The van der Waals surface area contributed by atoms with Crippen molar-refractivity contribution in [2.75, 3.05) is 10.6 Å². The zero-order chi connectivity index (χ0) is 15.7. The summed E-state index contributed by atoms with van der Waals surface area (Å²) >= 11 is 6.78. The maximum absolute atomic E-state index is 13.1. The number of thiocarbonyl (C=S) groups is 1. The summed E-state index contributed by atoms with van der Waals surface area (Å²) in [6.07, 6.45) is 0. The molecule has 22 heavy (non-hydrogen) atoms. The molecule has 2 N–H and O–H groups in total. The maximum Gasteiger partial charge on any atom is 0.190 e. The van der Waals surface area contributed by atoms with Crippen molar-refractivity contribution in [3.63, 3.8) is 0 Å². The maximum atomic E-state index is 13.1. The van der Waals surface area contributed by atoms with Crippen LogP contribution in [0.5, 0.6) is 0 Å². The molecule has 3 rings (SSSR count). The van der Waals surface area contributed by atoms with Gasteiger partial charge in [-0.25, -0.2) is 9.37 Å². The molecular weight excluding hydrogens is 317 g/mol. The quantitative estimate of drug-likeness (QED) is 0.658. The average molecular weight is 331 g/mol. The van der Waals surface area contributed by atoms with Gasteiger partial charge < -0.3 is 10.6 Å². The molecule has 1 aromatic heterocycles. The minimum absolute atomic E-state index is 0.307. The average Bonchev–Trinajstić information content (AvgIpc) is 2.80. The summed E-state index contributed by atoms with van der Waals surface area (Å²) in [7, 11) is 0. The summed E-state index contributed by atoms with van der Waals surface area (Å²) in [6.45, 7) is 4.15. The number of hydrogen-bond donors (Lipinski definition) is 2. The van der Waals surface area contributed by atoms with E-state index in [1.807, 2.05) is 0 Å². The van der Waals surface area contributed by atoms with Crippen LogP contribution in [-0.4, -0.2) is 10.1 Å². The molecule has 0 saturated heterocycles. The molecular formula is C16H14FN3S2. The van der Waals surface area contributed by atoms with Crippen molar-refractivity contribution in [1.29, 1.82) is 0 Å². The molecule has 0 aliphatic rings. The van der Waals surface area contributed by atoms with Gasteiger partial charge >= 0.3 is 0 Å². The van der Waals surface area contributed by atoms with E-state index >= 15 is 0 Å². The standard InChI is InChI=1S/C16H14FN3S2/c1-9-6-13-14(7-10(9)2)22-16(19-13)20-15(21)18-12-5-3-4-11(17)8-12/h3-8H,1-2H3,(H2,18,19,20,21). The lowest BCUT2D eigenvalue weighted by molar-refractivity contribution is 0.628. The molecule has 6 heteroatoms. The number of hydrogen-bond acceptors (Lipinski definition) is 3. The number of fused-ring (bicyclic) bond motifs is 1. The van der Waals surface area contributed by atoms with Gasteiger partial charge in [0.05, 0.1) is 10.2 Å². The minimum Gasteiger partial charge on any atom is -0.332 e. The Bertz CT molecular complexity index is 819. The third-order valence-electron chi connectivity index (χ3n) is 3.31. The molecule has 0 aliphatic carbocycles. The van der Waals surface area contributed by atoms with Gasteiger partial charge in [0.15, 0.2) is 10.2 Å². The van der Waals surface area contributed by atoms with Crippen molar-refractivity contribution < 1.29 is 4.39 Å². The van der Waals surface area contributed by atoms with Gasteiger partial charge in [-0.1, -0.05) is 17.4 Å². The number of anilines is 2. The summed E-state index contributed by atoms with van der Waals surface area (Å²) in [5.41, 5.74) is 4.00. The van der Waals surface area contributed by atoms with Gasteiger partial charge in [0.25, 0.3) is 0 Å². The fourth-order valence-electron chi connectivity index (χ4n) is 2.06. The van der Waals surface area contributed by atoms with Crippen molar-refractivity contribution in [3.8, 4) is 0 Å². The molecule has 0 saturated carbocycles. The van der Waals surface area contributed by atoms with Crippen molar-refractivity contribution in [3.05, 3.63) is 53.3 Å². The normalized spacial score (nSPS) is 10.7. The molecule has 3 nitrogen and oxygen atoms in total. The molecule has 0 amide bonds. The zero-order valence-electron chi connectivity index (χ0n) is 12.1. The molecule has 2 aromatic carbocycles. The second-order valence-corrected chi connectivity index (χ2v) is 6.45. The molecule has 0 aliphatic heterocycles. The number of aryl methyl sites for hydroxylation is 2. The van der Waals surface area contributed by atoms with E-state index in [-0.39, 0.29) is 5.82 Å². The van der Waals surface area contributed by atoms with Crippen LogP contribution in [0.4, 0.5) is 15.2 Å². The van der Waals surface area contributed by atoms with E-state index in [0.29, 0.717) is 15.9 Å². The Morgan fingerprint density at radius 1 is 1.14 bits per heavy atom. The molecule has 0 fully saturated rings. The Balaban J connectivity index is 1.76. The number of halogens is 1. The number of nitrogens with zero attached hydrogens (tertiary/aromatic N) is 1. The van der Waals surface area contributed by atoms with Crippen LogP contribution in [0.2, 0.25) is 0 Å². The Labute approximate surface area is 137 Å². The van der Waals surface area contributed by atoms with Gasteiger partial charge in [0, 0.05) is 5.69 Å². The Hall–Kier alpha value is -2.05. The Morgan fingerprint density at radius 3 is 2.68 bits per heavy atom.